The van der Waals surface area contributed by atoms with Crippen LogP contribution in [0.5, 0.6) is 0 Å². The topological polar surface area (TPSA) is 9.23 Å². The van der Waals surface area contributed by atoms with Crippen molar-refractivity contribution in [1.82, 2.24) is 0 Å². The molecule has 0 N–H and O–H groups in total. The van der Waals surface area contributed by atoms with Gasteiger partial charge in [-0.3, -0.25) is 0 Å². The number of ether oxygens (including phenoxy) is 1. The van der Waals surface area contributed by atoms with Crippen molar-refractivity contribution in [3.05, 3.63) is 33.4 Å². The quantitative estimate of drug-likeness (QED) is 0.752. The molecule has 1 saturated carbocycles. The van der Waals surface area contributed by atoms with E-state index in [-0.39, 0.29) is 0 Å². The molecule has 1 fully saturated rings. The van der Waals surface area contributed by atoms with Gasteiger partial charge in [-0.25, -0.2) is 0 Å². The Morgan fingerprint density at radius 3 is 1.72 bits per heavy atom. The zero-order chi connectivity index (χ0) is 13.3. The Morgan fingerprint density at radius 1 is 0.778 bits per heavy atom. The summed E-state index contributed by atoms with van der Waals surface area (Å²) in [6.07, 6.45) is 5.69. The highest BCUT2D eigenvalue weighted by Crippen LogP contribution is 2.28. The minimum Gasteiger partial charge on any atom is -0.374 e. The normalized spacial score (nSPS) is 16.5. The van der Waals surface area contributed by atoms with E-state index < -0.39 is 0 Å². The lowest BCUT2D eigenvalue weighted by Crippen LogP contribution is -2.10. The number of hydrogen-bond acceptors (Lipinski definition) is 1. The lowest BCUT2D eigenvalue weighted by molar-refractivity contribution is 0.0451. The average molecular weight is 246 g/mol. The molecular formula is C17H26O. The minimum atomic E-state index is 0.505. The maximum absolute atomic E-state index is 6.10. The Labute approximate surface area is 112 Å². The molecule has 0 spiro atoms. The van der Waals surface area contributed by atoms with Crippen molar-refractivity contribution in [2.75, 3.05) is 0 Å². The molecule has 0 aromatic heterocycles. The number of benzene rings is 1. The first-order chi connectivity index (χ1) is 8.52. The predicted molar refractivity (Wildman–Crippen MR) is 77.2 cm³/mol. The smallest absolute Gasteiger partial charge is 0.0725 e. The fourth-order valence-electron chi connectivity index (χ4n) is 3.05. The molecule has 0 unspecified atom stereocenters. The minimum absolute atomic E-state index is 0.505. The van der Waals surface area contributed by atoms with E-state index in [1.54, 1.807) is 0 Å². The Bertz CT molecular complexity index is 410. The van der Waals surface area contributed by atoms with E-state index in [4.69, 9.17) is 4.74 Å². The molecule has 100 valence electrons. The Balaban J connectivity index is 2.21. The summed E-state index contributed by atoms with van der Waals surface area (Å²) in [5, 5.41) is 0. The molecule has 1 nitrogen and oxygen atoms in total. The molecule has 18 heavy (non-hydrogen) atoms. The monoisotopic (exact) mass is 246 g/mol. The van der Waals surface area contributed by atoms with Gasteiger partial charge in [0.25, 0.3) is 0 Å². The first kappa shape index (κ1) is 13.6. The molecule has 0 bridgehead atoms. The summed E-state index contributed by atoms with van der Waals surface area (Å²) in [4.78, 5) is 0. The summed E-state index contributed by atoms with van der Waals surface area (Å²) in [6, 6.07) is 0. The summed E-state index contributed by atoms with van der Waals surface area (Å²) >= 11 is 0. The van der Waals surface area contributed by atoms with Crippen molar-refractivity contribution < 1.29 is 4.74 Å². The van der Waals surface area contributed by atoms with Crippen molar-refractivity contribution in [1.29, 1.82) is 0 Å². The maximum Gasteiger partial charge on any atom is 0.0725 e. The van der Waals surface area contributed by atoms with Gasteiger partial charge >= 0.3 is 0 Å². The SMILES string of the molecule is Cc1c(C)c(C)c(COC2CCCC2)c(C)c1C. The van der Waals surface area contributed by atoms with Gasteiger partial charge in [-0.2, -0.15) is 0 Å². The average Bonchev–Trinajstić information content (AvgIpc) is 2.87. The summed E-state index contributed by atoms with van der Waals surface area (Å²) in [6.45, 7) is 12.0. The van der Waals surface area contributed by atoms with Crippen LogP contribution in [-0.4, -0.2) is 6.10 Å². The van der Waals surface area contributed by atoms with Crippen LogP contribution in [0.25, 0.3) is 0 Å². The molecule has 2 rings (SSSR count). The first-order valence-corrected chi connectivity index (χ1v) is 7.19. The van der Waals surface area contributed by atoms with Crippen molar-refractivity contribution in [3.63, 3.8) is 0 Å². The lowest BCUT2D eigenvalue weighted by atomic mass is 9.90. The zero-order valence-corrected chi connectivity index (χ0v) is 12.5. The second kappa shape index (κ2) is 5.44. The van der Waals surface area contributed by atoms with Crippen LogP contribution in [-0.2, 0) is 11.3 Å². The molecule has 1 aromatic rings. The van der Waals surface area contributed by atoms with Crippen LogP contribution in [0.4, 0.5) is 0 Å². The van der Waals surface area contributed by atoms with E-state index in [1.165, 1.54) is 59.1 Å². The molecular weight excluding hydrogens is 220 g/mol. The predicted octanol–water partition coefficient (Wildman–Crippen LogP) is 4.69. The standard InChI is InChI=1S/C17H26O/c1-11-12(2)14(4)17(15(5)13(11)3)10-18-16-8-6-7-9-16/h16H,6-10H2,1-5H3. The fraction of sp³-hybridized carbons (Fsp3) is 0.647. The molecule has 1 heteroatoms. The Morgan fingerprint density at radius 2 is 1.22 bits per heavy atom. The second-order valence-corrected chi connectivity index (χ2v) is 5.82. The molecule has 0 saturated heterocycles. The van der Waals surface area contributed by atoms with Crippen LogP contribution >= 0.6 is 0 Å². The van der Waals surface area contributed by atoms with E-state index in [1.807, 2.05) is 0 Å². The molecule has 0 atom stereocenters. The summed E-state index contributed by atoms with van der Waals surface area (Å²) in [7, 11) is 0. The van der Waals surface area contributed by atoms with E-state index >= 15 is 0 Å². The van der Waals surface area contributed by atoms with E-state index in [2.05, 4.69) is 34.6 Å². The van der Waals surface area contributed by atoms with Crippen molar-refractivity contribution in [3.8, 4) is 0 Å². The van der Waals surface area contributed by atoms with Gasteiger partial charge in [0, 0.05) is 0 Å². The number of rotatable bonds is 3. The molecule has 1 aliphatic rings. The van der Waals surface area contributed by atoms with Gasteiger partial charge in [-0.1, -0.05) is 12.8 Å². The molecule has 0 radical (unpaired) electrons. The maximum atomic E-state index is 6.10. The van der Waals surface area contributed by atoms with Gasteiger partial charge in [0.1, 0.15) is 0 Å². The van der Waals surface area contributed by atoms with Gasteiger partial charge < -0.3 is 4.74 Å². The summed E-state index contributed by atoms with van der Waals surface area (Å²) in [5.41, 5.74) is 8.57. The lowest BCUT2D eigenvalue weighted by Gasteiger charge is -2.20. The van der Waals surface area contributed by atoms with Gasteiger partial charge in [-0.05, 0) is 80.8 Å². The Hall–Kier alpha value is -0.820. The second-order valence-electron chi connectivity index (χ2n) is 5.82. The fourth-order valence-corrected chi connectivity index (χ4v) is 3.05. The van der Waals surface area contributed by atoms with Crippen molar-refractivity contribution >= 4 is 0 Å². The highest BCUT2D eigenvalue weighted by molar-refractivity contribution is 5.49. The van der Waals surface area contributed by atoms with Gasteiger partial charge in [0.2, 0.25) is 0 Å². The molecule has 1 aromatic carbocycles. The highest BCUT2D eigenvalue weighted by atomic mass is 16.5. The van der Waals surface area contributed by atoms with Crippen LogP contribution in [0.2, 0.25) is 0 Å². The van der Waals surface area contributed by atoms with Gasteiger partial charge in [0.15, 0.2) is 0 Å². The van der Waals surface area contributed by atoms with Crippen LogP contribution in [0, 0.1) is 34.6 Å². The van der Waals surface area contributed by atoms with E-state index in [0.717, 1.165) is 6.61 Å². The Kier molecular flexibility index (Phi) is 4.11. The highest BCUT2D eigenvalue weighted by Gasteiger charge is 2.17. The third-order valence-electron chi connectivity index (χ3n) is 4.92. The first-order valence-electron chi connectivity index (χ1n) is 7.19. The van der Waals surface area contributed by atoms with Crippen molar-refractivity contribution in [2.24, 2.45) is 0 Å². The molecule has 1 aliphatic carbocycles. The zero-order valence-electron chi connectivity index (χ0n) is 12.5. The van der Waals surface area contributed by atoms with Crippen LogP contribution < -0.4 is 0 Å². The third kappa shape index (κ3) is 2.47. The third-order valence-corrected chi connectivity index (χ3v) is 4.92. The molecule has 0 aliphatic heterocycles. The number of hydrogen-bond donors (Lipinski definition) is 0. The molecule has 0 amide bonds. The van der Waals surface area contributed by atoms with Crippen molar-refractivity contribution in [2.45, 2.75) is 73.0 Å². The van der Waals surface area contributed by atoms with Crippen LogP contribution in [0.15, 0.2) is 0 Å². The molecule has 0 heterocycles. The van der Waals surface area contributed by atoms with E-state index in [0.29, 0.717) is 6.10 Å². The summed E-state index contributed by atoms with van der Waals surface area (Å²) in [5.74, 6) is 0. The largest absolute Gasteiger partial charge is 0.374 e. The van der Waals surface area contributed by atoms with E-state index in [9.17, 15) is 0 Å². The van der Waals surface area contributed by atoms with Crippen LogP contribution in [0.3, 0.4) is 0 Å². The van der Waals surface area contributed by atoms with Gasteiger partial charge in [0.05, 0.1) is 12.7 Å². The summed E-state index contributed by atoms with van der Waals surface area (Å²) < 4.78 is 6.10. The van der Waals surface area contributed by atoms with Gasteiger partial charge in [-0.15, -0.1) is 0 Å². The van der Waals surface area contributed by atoms with Crippen LogP contribution in [0.1, 0.15) is 59.1 Å².